The van der Waals surface area contributed by atoms with Gasteiger partial charge in [0.1, 0.15) is 17.1 Å². The average Bonchev–Trinajstić information content (AvgIpc) is 2.69. The number of para-hydroxylation sites is 1. The van der Waals surface area contributed by atoms with Crippen molar-refractivity contribution in [3.63, 3.8) is 0 Å². The van der Waals surface area contributed by atoms with Crippen LogP contribution in [0.5, 0.6) is 11.5 Å². The molecule has 0 fully saturated rings. The molecule has 0 saturated heterocycles. The third-order valence-corrected chi connectivity index (χ3v) is 4.46. The van der Waals surface area contributed by atoms with Gasteiger partial charge in [-0.05, 0) is 43.7 Å². The maximum absolute atomic E-state index is 13.3. The molecule has 0 amide bonds. The summed E-state index contributed by atoms with van der Waals surface area (Å²) in [5.41, 5.74) is 0.934. The van der Waals surface area contributed by atoms with E-state index < -0.39 is 17.3 Å². The minimum atomic E-state index is -0.683. The quantitative estimate of drug-likeness (QED) is 0.684. The monoisotopic (exact) mass is 379 g/mol. The lowest BCUT2D eigenvalue weighted by Crippen LogP contribution is -2.26. The number of carbonyl (C=O) groups excluding carboxylic acids is 1. The fourth-order valence-corrected chi connectivity index (χ4v) is 3.13. The van der Waals surface area contributed by atoms with Crippen LogP contribution in [0.3, 0.4) is 0 Å². The van der Waals surface area contributed by atoms with Gasteiger partial charge in [0.2, 0.25) is 0 Å². The summed E-state index contributed by atoms with van der Waals surface area (Å²) in [6.07, 6.45) is 0. The Morgan fingerprint density at radius 3 is 2.29 bits per heavy atom. The van der Waals surface area contributed by atoms with Gasteiger partial charge in [0.05, 0.1) is 19.3 Å². The fraction of sp³-hybridized carbons (Fsp3) is 0.182. The van der Waals surface area contributed by atoms with Crippen LogP contribution in [0.25, 0.3) is 16.8 Å². The van der Waals surface area contributed by atoms with E-state index in [-0.39, 0.29) is 17.7 Å². The molecule has 1 N–H and O–H groups in total. The number of methoxy groups -OCH3 is 1. The summed E-state index contributed by atoms with van der Waals surface area (Å²) >= 11 is 0. The zero-order valence-corrected chi connectivity index (χ0v) is 15.9. The smallest absolute Gasteiger partial charge is 0.343 e. The second kappa shape index (κ2) is 8.00. The number of nitrogens with zero attached hydrogens (tertiary/aromatic N) is 1. The minimum Gasteiger partial charge on any atom is -0.506 e. The van der Waals surface area contributed by atoms with Crippen LogP contribution < -0.4 is 10.3 Å². The first-order valence-electron chi connectivity index (χ1n) is 8.85. The Balaban J connectivity index is 2.36. The van der Waals surface area contributed by atoms with Crippen molar-refractivity contribution in [2.24, 2.45) is 0 Å². The number of hydrogen-bond donors (Lipinski definition) is 1. The van der Waals surface area contributed by atoms with E-state index in [0.717, 1.165) is 0 Å². The highest BCUT2D eigenvalue weighted by Crippen LogP contribution is 2.33. The Bertz CT molecular complexity index is 1050. The van der Waals surface area contributed by atoms with Crippen LogP contribution in [-0.2, 0) is 4.74 Å². The van der Waals surface area contributed by atoms with Crippen LogP contribution in [0.2, 0.25) is 0 Å². The number of ether oxygens (including phenoxy) is 2. The number of carbonyl (C=O) groups is 1. The summed E-state index contributed by atoms with van der Waals surface area (Å²) in [7, 11) is 1.54. The van der Waals surface area contributed by atoms with E-state index in [4.69, 9.17) is 9.47 Å². The summed E-state index contributed by atoms with van der Waals surface area (Å²) in [6, 6.07) is 15.6. The van der Waals surface area contributed by atoms with Crippen molar-refractivity contribution >= 4 is 5.97 Å². The average molecular weight is 379 g/mol. The van der Waals surface area contributed by atoms with Gasteiger partial charge in [0, 0.05) is 11.4 Å². The van der Waals surface area contributed by atoms with Gasteiger partial charge in [-0.2, -0.15) is 0 Å². The fourth-order valence-electron chi connectivity index (χ4n) is 3.13. The molecule has 0 spiro atoms. The van der Waals surface area contributed by atoms with Gasteiger partial charge in [-0.15, -0.1) is 0 Å². The zero-order valence-electron chi connectivity index (χ0n) is 15.9. The standard InChI is InChI=1S/C22H21NO5/c1-4-28-22(26)18-14(2)23(16-8-6-5-7-9-16)21(25)19(20(18)24)15-10-12-17(27-3)13-11-15/h5-13,24H,4H2,1-3H3. The van der Waals surface area contributed by atoms with Crippen LogP contribution >= 0.6 is 0 Å². The van der Waals surface area contributed by atoms with Gasteiger partial charge in [-0.25, -0.2) is 4.79 Å². The number of rotatable bonds is 5. The largest absolute Gasteiger partial charge is 0.506 e. The molecule has 2 aromatic carbocycles. The predicted molar refractivity (Wildman–Crippen MR) is 106 cm³/mol. The third-order valence-electron chi connectivity index (χ3n) is 4.46. The summed E-state index contributed by atoms with van der Waals surface area (Å²) in [4.78, 5) is 25.9. The molecule has 144 valence electrons. The first kappa shape index (κ1) is 19.2. The van der Waals surface area contributed by atoms with Gasteiger partial charge in [0.15, 0.2) is 0 Å². The minimum absolute atomic E-state index is 0.0279. The molecule has 0 aliphatic rings. The second-order valence-corrected chi connectivity index (χ2v) is 6.11. The van der Waals surface area contributed by atoms with E-state index in [1.54, 1.807) is 69.5 Å². The molecule has 0 aliphatic heterocycles. The Hall–Kier alpha value is -3.54. The molecular weight excluding hydrogens is 358 g/mol. The maximum atomic E-state index is 13.3. The van der Waals surface area contributed by atoms with Crippen LogP contribution in [-0.4, -0.2) is 29.4 Å². The lowest BCUT2D eigenvalue weighted by molar-refractivity contribution is 0.0521. The lowest BCUT2D eigenvalue weighted by Gasteiger charge is -2.18. The summed E-state index contributed by atoms with van der Waals surface area (Å²) in [5.74, 6) is -0.459. The topological polar surface area (TPSA) is 77.8 Å². The lowest BCUT2D eigenvalue weighted by atomic mass is 10.0. The third kappa shape index (κ3) is 3.36. The number of aromatic nitrogens is 1. The molecule has 0 aliphatic carbocycles. The molecule has 28 heavy (non-hydrogen) atoms. The van der Waals surface area contributed by atoms with Crippen molar-refractivity contribution in [3.8, 4) is 28.3 Å². The normalized spacial score (nSPS) is 10.5. The van der Waals surface area contributed by atoms with Gasteiger partial charge in [-0.3, -0.25) is 9.36 Å². The molecule has 0 atom stereocenters. The van der Waals surface area contributed by atoms with E-state index in [0.29, 0.717) is 22.7 Å². The molecule has 6 nitrogen and oxygen atoms in total. The second-order valence-electron chi connectivity index (χ2n) is 6.11. The number of aromatic hydroxyl groups is 1. The molecule has 1 aromatic heterocycles. The van der Waals surface area contributed by atoms with Crippen LogP contribution in [0.4, 0.5) is 0 Å². The van der Waals surface area contributed by atoms with Gasteiger partial charge in [-0.1, -0.05) is 30.3 Å². The van der Waals surface area contributed by atoms with Crippen molar-refractivity contribution < 1.29 is 19.4 Å². The molecule has 3 rings (SSSR count). The molecular formula is C22H21NO5. The van der Waals surface area contributed by atoms with Crippen LogP contribution in [0.1, 0.15) is 23.0 Å². The Labute approximate surface area is 162 Å². The van der Waals surface area contributed by atoms with Crippen LogP contribution in [0, 0.1) is 6.92 Å². The Morgan fingerprint density at radius 2 is 1.71 bits per heavy atom. The predicted octanol–water partition coefficient (Wildman–Crippen LogP) is 3.70. The Kier molecular flexibility index (Phi) is 5.49. The first-order chi connectivity index (χ1) is 13.5. The van der Waals surface area contributed by atoms with Gasteiger partial charge < -0.3 is 14.6 Å². The summed E-state index contributed by atoms with van der Waals surface area (Å²) in [5, 5.41) is 10.9. The van der Waals surface area contributed by atoms with Crippen molar-refractivity contribution in [2.45, 2.75) is 13.8 Å². The Morgan fingerprint density at radius 1 is 1.07 bits per heavy atom. The molecule has 0 unspecified atom stereocenters. The highest BCUT2D eigenvalue weighted by Gasteiger charge is 2.26. The molecule has 0 saturated carbocycles. The zero-order chi connectivity index (χ0) is 20.3. The van der Waals surface area contributed by atoms with Gasteiger partial charge in [0.25, 0.3) is 5.56 Å². The molecule has 0 bridgehead atoms. The number of esters is 1. The first-order valence-corrected chi connectivity index (χ1v) is 8.85. The van der Waals surface area contributed by atoms with E-state index in [9.17, 15) is 14.7 Å². The maximum Gasteiger partial charge on any atom is 0.343 e. The number of pyridine rings is 1. The highest BCUT2D eigenvalue weighted by atomic mass is 16.5. The SMILES string of the molecule is CCOC(=O)c1c(O)c(-c2ccc(OC)cc2)c(=O)n(-c2ccccc2)c1C. The molecule has 3 aromatic rings. The van der Waals surface area contributed by atoms with Gasteiger partial charge >= 0.3 is 5.97 Å². The summed E-state index contributed by atoms with van der Waals surface area (Å²) in [6.45, 7) is 3.44. The molecule has 6 heteroatoms. The molecule has 1 heterocycles. The van der Waals surface area contributed by atoms with Crippen molar-refractivity contribution in [1.29, 1.82) is 0 Å². The van der Waals surface area contributed by atoms with E-state index in [1.165, 1.54) is 4.57 Å². The molecule has 0 radical (unpaired) electrons. The highest BCUT2D eigenvalue weighted by molar-refractivity contribution is 5.96. The van der Waals surface area contributed by atoms with Crippen molar-refractivity contribution in [3.05, 3.63) is 76.2 Å². The van der Waals surface area contributed by atoms with Crippen molar-refractivity contribution in [2.75, 3.05) is 13.7 Å². The van der Waals surface area contributed by atoms with Crippen LogP contribution in [0.15, 0.2) is 59.4 Å². The van der Waals surface area contributed by atoms with Crippen molar-refractivity contribution in [1.82, 2.24) is 4.57 Å². The van der Waals surface area contributed by atoms with E-state index in [1.807, 2.05) is 6.07 Å². The number of benzene rings is 2. The van der Waals surface area contributed by atoms with E-state index >= 15 is 0 Å². The summed E-state index contributed by atoms with van der Waals surface area (Å²) < 4.78 is 11.7. The number of hydrogen-bond acceptors (Lipinski definition) is 5. The van der Waals surface area contributed by atoms with E-state index in [2.05, 4.69) is 0 Å².